The number of H-pyrrole nitrogens is 1. The Labute approximate surface area is 126 Å². The molecule has 0 bridgehead atoms. The summed E-state index contributed by atoms with van der Waals surface area (Å²) < 4.78 is 0. The van der Waals surface area contributed by atoms with Gasteiger partial charge in [0.15, 0.2) is 16.8 Å². The number of carbonyl (C=O) groups excluding carboxylic acids is 2. The SMILES string of the molecule is CC(=O)SCC(=O)[C@H](C#N)c1nc2cc(C)c(C)cc2[nH]1. The maximum Gasteiger partial charge on any atom is 0.186 e. The van der Waals surface area contributed by atoms with E-state index in [2.05, 4.69) is 9.97 Å². The predicted molar refractivity (Wildman–Crippen MR) is 82.1 cm³/mol. The van der Waals surface area contributed by atoms with E-state index in [0.29, 0.717) is 5.82 Å². The third-order valence-corrected chi connectivity index (χ3v) is 4.09. The van der Waals surface area contributed by atoms with Crippen LogP contribution in [-0.4, -0.2) is 26.6 Å². The maximum atomic E-state index is 12.0. The molecular formula is C15H15N3O2S. The van der Waals surface area contributed by atoms with Crippen molar-refractivity contribution in [1.82, 2.24) is 9.97 Å². The lowest BCUT2D eigenvalue weighted by molar-refractivity contribution is -0.117. The molecule has 1 N–H and O–H groups in total. The van der Waals surface area contributed by atoms with Crippen molar-refractivity contribution in [3.63, 3.8) is 0 Å². The van der Waals surface area contributed by atoms with Crippen molar-refractivity contribution < 1.29 is 9.59 Å². The van der Waals surface area contributed by atoms with Gasteiger partial charge in [-0.15, -0.1) is 0 Å². The number of benzene rings is 1. The molecule has 0 unspecified atom stereocenters. The lowest BCUT2D eigenvalue weighted by Gasteiger charge is -2.03. The summed E-state index contributed by atoms with van der Waals surface area (Å²) in [6.07, 6.45) is 0. The highest BCUT2D eigenvalue weighted by Crippen LogP contribution is 2.22. The minimum atomic E-state index is -0.968. The topological polar surface area (TPSA) is 86.6 Å². The highest BCUT2D eigenvalue weighted by molar-refractivity contribution is 8.14. The van der Waals surface area contributed by atoms with Crippen LogP contribution >= 0.6 is 11.8 Å². The van der Waals surface area contributed by atoms with Crippen LogP contribution in [0.1, 0.15) is 29.8 Å². The standard InChI is InChI=1S/C15H15N3O2S/c1-8-4-12-13(5-9(8)2)18-15(17-12)11(6-16)14(20)7-21-10(3)19/h4-5,11H,7H2,1-3H3,(H,17,18)/t11-/m0/s1. The molecule has 6 heteroatoms. The van der Waals surface area contributed by atoms with Gasteiger partial charge < -0.3 is 4.98 Å². The summed E-state index contributed by atoms with van der Waals surface area (Å²) in [7, 11) is 0. The van der Waals surface area contributed by atoms with Crippen molar-refractivity contribution in [3.8, 4) is 6.07 Å². The monoisotopic (exact) mass is 301 g/mol. The van der Waals surface area contributed by atoms with Crippen LogP contribution in [0, 0.1) is 25.2 Å². The second kappa shape index (κ2) is 6.10. The first-order valence-corrected chi connectivity index (χ1v) is 7.43. The van der Waals surface area contributed by atoms with Gasteiger partial charge in [0, 0.05) is 6.92 Å². The largest absolute Gasteiger partial charge is 0.340 e. The molecule has 0 fully saturated rings. The van der Waals surface area contributed by atoms with Crippen LogP contribution in [0.3, 0.4) is 0 Å². The fourth-order valence-corrected chi connectivity index (χ4v) is 2.48. The summed E-state index contributed by atoms with van der Waals surface area (Å²) in [5.74, 6) is -0.954. The number of thioether (sulfide) groups is 1. The van der Waals surface area contributed by atoms with Crippen LogP contribution in [0.2, 0.25) is 0 Å². The number of fused-ring (bicyclic) bond motifs is 1. The molecule has 0 aliphatic rings. The van der Waals surface area contributed by atoms with Crippen molar-refractivity contribution in [2.24, 2.45) is 0 Å². The number of nitrogens with one attached hydrogen (secondary N) is 1. The number of carbonyl (C=O) groups is 2. The number of Topliss-reactive ketones (excluding diaryl/α,β-unsaturated/α-hetero) is 1. The molecule has 1 heterocycles. The predicted octanol–water partition coefficient (Wildman–Crippen LogP) is 2.64. The minimum absolute atomic E-state index is 0.0112. The van der Waals surface area contributed by atoms with Crippen LogP contribution in [0.5, 0.6) is 0 Å². The molecule has 2 rings (SSSR count). The second-order valence-corrected chi connectivity index (χ2v) is 6.04. The number of imidazole rings is 1. The molecule has 0 amide bonds. The lowest BCUT2D eigenvalue weighted by atomic mass is 10.1. The van der Waals surface area contributed by atoms with Crippen LogP contribution in [0.15, 0.2) is 12.1 Å². The minimum Gasteiger partial charge on any atom is -0.340 e. The van der Waals surface area contributed by atoms with E-state index in [-0.39, 0.29) is 16.7 Å². The van der Waals surface area contributed by atoms with E-state index >= 15 is 0 Å². The Bertz CT molecular complexity index is 719. The summed E-state index contributed by atoms with van der Waals surface area (Å²) >= 11 is 0.908. The number of rotatable bonds is 4. The zero-order valence-electron chi connectivity index (χ0n) is 12.1. The zero-order chi connectivity index (χ0) is 15.6. The number of nitriles is 1. The Morgan fingerprint density at radius 3 is 2.67 bits per heavy atom. The molecule has 2 aromatic rings. The molecule has 0 saturated heterocycles. The second-order valence-electron chi connectivity index (χ2n) is 4.88. The van der Waals surface area contributed by atoms with Crippen molar-refractivity contribution in [2.45, 2.75) is 26.7 Å². The fourth-order valence-electron chi connectivity index (χ4n) is 1.97. The van der Waals surface area contributed by atoms with Gasteiger partial charge in [0.05, 0.1) is 22.9 Å². The average Bonchev–Trinajstić information content (AvgIpc) is 2.80. The van der Waals surface area contributed by atoms with Gasteiger partial charge in [-0.2, -0.15) is 5.26 Å². The molecule has 0 spiro atoms. The van der Waals surface area contributed by atoms with E-state index in [1.807, 2.05) is 32.0 Å². The highest BCUT2D eigenvalue weighted by atomic mass is 32.2. The summed E-state index contributed by atoms with van der Waals surface area (Å²) in [5, 5.41) is 9.08. The number of aryl methyl sites for hydroxylation is 2. The Morgan fingerprint density at radius 1 is 1.38 bits per heavy atom. The number of hydrogen-bond acceptors (Lipinski definition) is 5. The average molecular weight is 301 g/mol. The summed E-state index contributed by atoms with van der Waals surface area (Å²) in [6, 6.07) is 5.84. The van der Waals surface area contributed by atoms with Gasteiger partial charge in [-0.1, -0.05) is 11.8 Å². The Kier molecular flexibility index (Phi) is 4.43. The summed E-state index contributed by atoms with van der Waals surface area (Å²) in [4.78, 5) is 30.3. The molecule has 1 aromatic heterocycles. The fraction of sp³-hybridized carbons (Fsp3) is 0.333. The first-order valence-electron chi connectivity index (χ1n) is 6.45. The van der Waals surface area contributed by atoms with Crippen LogP contribution in [0.25, 0.3) is 11.0 Å². The van der Waals surface area contributed by atoms with Gasteiger partial charge >= 0.3 is 0 Å². The van der Waals surface area contributed by atoms with Crippen LogP contribution in [-0.2, 0) is 9.59 Å². The molecule has 0 saturated carbocycles. The molecule has 5 nitrogen and oxygen atoms in total. The van der Waals surface area contributed by atoms with Gasteiger partial charge in [-0.25, -0.2) is 4.98 Å². The molecule has 0 aliphatic carbocycles. The van der Waals surface area contributed by atoms with Crippen LogP contribution in [0.4, 0.5) is 0 Å². The van der Waals surface area contributed by atoms with E-state index < -0.39 is 5.92 Å². The zero-order valence-corrected chi connectivity index (χ0v) is 12.9. The van der Waals surface area contributed by atoms with Crippen molar-refractivity contribution >= 4 is 33.7 Å². The van der Waals surface area contributed by atoms with Gasteiger partial charge in [0.1, 0.15) is 5.82 Å². The number of ketones is 1. The molecule has 1 aromatic carbocycles. The normalized spacial score (nSPS) is 12.1. The Hall–Kier alpha value is -2.13. The van der Waals surface area contributed by atoms with E-state index in [1.54, 1.807) is 0 Å². The van der Waals surface area contributed by atoms with Crippen LogP contribution < -0.4 is 0 Å². The summed E-state index contributed by atoms with van der Waals surface area (Å²) in [6.45, 7) is 5.37. The van der Waals surface area contributed by atoms with Gasteiger partial charge in [0.25, 0.3) is 0 Å². The molecule has 0 aliphatic heterocycles. The van der Waals surface area contributed by atoms with E-state index in [1.165, 1.54) is 6.92 Å². The summed E-state index contributed by atoms with van der Waals surface area (Å²) in [5.41, 5.74) is 3.76. The van der Waals surface area contributed by atoms with E-state index in [9.17, 15) is 14.9 Å². The number of nitrogens with zero attached hydrogens (tertiary/aromatic N) is 2. The molecule has 108 valence electrons. The first kappa shape index (κ1) is 15.3. The van der Waals surface area contributed by atoms with Crippen molar-refractivity contribution in [2.75, 3.05) is 5.75 Å². The van der Waals surface area contributed by atoms with Gasteiger partial charge in [0.2, 0.25) is 0 Å². The first-order chi connectivity index (χ1) is 9.92. The van der Waals surface area contributed by atoms with Gasteiger partial charge in [-0.3, -0.25) is 9.59 Å². The van der Waals surface area contributed by atoms with E-state index in [4.69, 9.17) is 0 Å². The molecular weight excluding hydrogens is 286 g/mol. The van der Waals surface area contributed by atoms with Gasteiger partial charge in [-0.05, 0) is 37.1 Å². The quantitative estimate of drug-likeness (QED) is 0.938. The number of aromatic nitrogens is 2. The molecule has 1 atom stereocenters. The maximum absolute atomic E-state index is 12.0. The van der Waals surface area contributed by atoms with Crippen molar-refractivity contribution in [1.29, 1.82) is 5.26 Å². The smallest absolute Gasteiger partial charge is 0.186 e. The lowest BCUT2D eigenvalue weighted by Crippen LogP contribution is -2.15. The Balaban J connectivity index is 2.32. The number of aromatic amines is 1. The Morgan fingerprint density at radius 2 is 2.05 bits per heavy atom. The third-order valence-electron chi connectivity index (χ3n) is 3.26. The number of hydrogen-bond donors (Lipinski definition) is 1. The molecule has 21 heavy (non-hydrogen) atoms. The van der Waals surface area contributed by atoms with E-state index in [0.717, 1.165) is 33.9 Å². The van der Waals surface area contributed by atoms with Crippen molar-refractivity contribution in [3.05, 3.63) is 29.1 Å². The molecule has 0 radical (unpaired) electrons. The third kappa shape index (κ3) is 3.31. The highest BCUT2D eigenvalue weighted by Gasteiger charge is 2.24.